The molecule has 13 aliphatic rings. The smallest absolute Gasteiger partial charge is 0.119 e. The van der Waals surface area contributed by atoms with E-state index in [2.05, 4.69) is 94.1 Å². The molecule has 13 aliphatic heterocycles. The monoisotopic (exact) mass is 643 g/mol. The lowest BCUT2D eigenvalue weighted by molar-refractivity contribution is 0.105. The highest BCUT2D eigenvalue weighted by Gasteiger charge is 2.17. The van der Waals surface area contributed by atoms with Crippen molar-refractivity contribution >= 4 is 43.6 Å². The van der Waals surface area contributed by atoms with Crippen molar-refractivity contribution in [2.75, 3.05) is 13.2 Å². The van der Waals surface area contributed by atoms with Gasteiger partial charge in [0.05, 0.1) is 73.6 Å². The van der Waals surface area contributed by atoms with Gasteiger partial charge in [-0.05, 0) is 108 Å². The fourth-order valence-corrected chi connectivity index (χ4v) is 7.41. The first kappa shape index (κ1) is 28.4. The first-order chi connectivity index (χ1) is 24.2. The minimum atomic E-state index is 0.413. The number of ether oxygens (including phenoxy) is 4. The van der Waals surface area contributed by atoms with Crippen LogP contribution in [0.5, 0.6) is 11.5 Å². The number of hydrogen-bond acceptors (Lipinski definition) is 5. The van der Waals surface area contributed by atoms with Crippen molar-refractivity contribution in [3.05, 3.63) is 138 Å². The normalized spacial score (nSPS) is 14.9. The highest BCUT2D eigenvalue weighted by Crippen LogP contribution is 2.36. The van der Waals surface area contributed by atoms with Gasteiger partial charge in [-0.25, -0.2) is 0 Å². The highest BCUT2D eigenvalue weighted by atomic mass is 16.5. The van der Waals surface area contributed by atoms with Gasteiger partial charge in [0, 0.05) is 39.3 Å². The van der Waals surface area contributed by atoms with E-state index in [9.17, 15) is 0 Å². The Hall–Kier alpha value is -5.63. The second-order valence-corrected chi connectivity index (χ2v) is 12.9. The Morgan fingerprint density at radius 1 is 0.449 bits per heavy atom. The van der Waals surface area contributed by atoms with Gasteiger partial charge in [0.15, 0.2) is 0 Å². The molecule has 0 atom stereocenters. The summed E-state index contributed by atoms with van der Waals surface area (Å²) >= 11 is 0. The molecule has 16 heterocycles. The molecule has 0 N–H and O–H groups in total. The van der Waals surface area contributed by atoms with E-state index in [0.29, 0.717) is 39.6 Å². The Kier molecular flexibility index (Phi) is 6.67. The summed E-state index contributed by atoms with van der Waals surface area (Å²) in [6, 6.07) is 38.8. The molecule has 0 saturated carbocycles. The van der Waals surface area contributed by atoms with Crippen molar-refractivity contribution < 1.29 is 18.9 Å². The SMILES string of the molecule is c1cc2c3cc1COCc1ccc4c(c1)c1cc5ncc1n4-c1ccc(cc1)OCCCOc1ccc(cc1)-n2c1ccc(cc31)COC5. The average molecular weight is 644 g/mol. The molecule has 21 rings (SSSR count). The van der Waals surface area contributed by atoms with Crippen molar-refractivity contribution in [3.63, 3.8) is 0 Å². The van der Waals surface area contributed by atoms with E-state index in [-0.39, 0.29) is 0 Å². The van der Waals surface area contributed by atoms with Gasteiger partial charge < -0.3 is 28.1 Å². The van der Waals surface area contributed by atoms with Crippen LogP contribution in [0.4, 0.5) is 0 Å². The molecule has 0 spiro atoms. The zero-order valence-corrected chi connectivity index (χ0v) is 26.9. The second-order valence-electron chi connectivity index (χ2n) is 12.9. The van der Waals surface area contributed by atoms with Crippen LogP contribution < -0.4 is 9.47 Å². The molecular formula is C42H33N3O4. The molecule has 0 saturated heterocycles. The van der Waals surface area contributed by atoms with Crippen LogP contribution in [0.15, 0.2) is 115 Å². The summed E-state index contributed by atoms with van der Waals surface area (Å²) in [6.45, 7) is 3.06. The summed E-state index contributed by atoms with van der Waals surface area (Å²) in [4.78, 5) is 4.88. The quantitative estimate of drug-likeness (QED) is 0.165. The highest BCUT2D eigenvalue weighted by molar-refractivity contribution is 6.10. The summed E-state index contributed by atoms with van der Waals surface area (Å²) < 4.78 is 29.5. The van der Waals surface area contributed by atoms with Gasteiger partial charge in [-0.2, -0.15) is 0 Å². The predicted octanol–water partition coefficient (Wildman–Crippen LogP) is 9.18. The maximum Gasteiger partial charge on any atom is 0.119 e. The van der Waals surface area contributed by atoms with Crippen LogP contribution in [0.1, 0.15) is 28.8 Å². The van der Waals surface area contributed by atoms with E-state index in [4.69, 9.17) is 23.9 Å². The van der Waals surface area contributed by atoms with Gasteiger partial charge >= 0.3 is 0 Å². The number of rotatable bonds is 0. The Balaban J connectivity index is 1.16. The van der Waals surface area contributed by atoms with Crippen molar-refractivity contribution in [2.24, 2.45) is 0 Å². The number of nitrogens with zero attached hydrogens (tertiary/aromatic N) is 3. The van der Waals surface area contributed by atoms with Crippen molar-refractivity contribution in [1.82, 2.24) is 14.1 Å². The van der Waals surface area contributed by atoms with Gasteiger partial charge in [0.2, 0.25) is 0 Å². The van der Waals surface area contributed by atoms with Crippen LogP contribution in [-0.2, 0) is 35.9 Å². The third-order valence-electron chi connectivity index (χ3n) is 9.74. The maximum atomic E-state index is 6.38. The van der Waals surface area contributed by atoms with E-state index < -0.39 is 0 Å². The summed E-state index contributed by atoms with van der Waals surface area (Å²) in [5.41, 5.74) is 10.9. The molecule has 7 nitrogen and oxygen atoms in total. The van der Waals surface area contributed by atoms with Crippen LogP contribution in [0.2, 0.25) is 0 Å². The zero-order chi connectivity index (χ0) is 32.3. The number of pyridine rings is 1. The third-order valence-corrected chi connectivity index (χ3v) is 9.74. The molecule has 240 valence electrons. The minimum absolute atomic E-state index is 0.413. The van der Waals surface area contributed by atoms with Gasteiger partial charge in [0.1, 0.15) is 11.5 Å². The van der Waals surface area contributed by atoms with Gasteiger partial charge in [-0.15, -0.1) is 0 Å². The molecule has 3 aromatic heterocycles. The zero-order valence-electron chi connectivity index (χ0n) is 26.9. The lowest BCUT2D eigenvalue weighted by atomic mass is 10.1. The summed E-state index contributed by atoms with van der Waals surface area (Å²) in [6.07, 6.45) is 2.75. The standard InChI is InChI=1S/C42H33N3O4/c1-16-48-33-9-5-31(6-10-33)44-39-13-2-27-18-35(39)36-19-29(3-14-40(36)44)25-47-26-30-21-38-37-20-28(24-46-23-27)4-15-41(37)45(42(38)22-43-30)32-7-11-34(12-8-32)49-17-1/h2-15,18-22H,1,16-17,23-26H2. The average Bonchev–Trinajstić information content (AvgIpc) is 3.63. The molecule has 0 fully saturated rings. The fourth-order valence-electron chi connectivity index (χ4n) is 7.41. The molecular weight excluding hydrogens is 610 g/mol. The topological polar surface area (TPSA) is 59.7 Å². The van der Waals surface area contributed by atoms with Crippen LogP contribution in [0, 0.1) is 0 Å². The molecule has 18 bridgehead atoms. The van der Waals surface area contributed by atoms with E-state index in [1.54, 1.807) is 0 Å². The molecule has 49 heavy (non-hydrogen) atoms. The van der Waals surface area contributed by atoms with E-state index in [0.717, 1.165) is 84.5 Å². The Morgan fingerprint density at radius 3 is 1.41 bits per heavy atom. The summed E-state index contributed by atoms with van der Waals surface area (Å²) in [5, 5.41) is 4.67. The Bertz CT molecular complexity index is 2230. The molecule has 8 aromatic rings. The Morgan fingerprint density at radius 2 is 0.898 bits per heavy atom. The molecule has 5 aromatic carbocycles. The molecule has 0 radical (unpaired) electrons. The van der Waals surface area contributed by atoms with E-state index in [1.165, 1.54) is 10.8 Å². The summed E-state index contributed by atoms with van der Waals surface area (Å²) in [7, 11) is 0. The first-order valence-electron chi connectivity index (χ1n) is 16.9. The molecule has 0 aliphatic carbocycles. The van der Waals surface area contributed by atoms with Gasteiger partial charge in [-0.3, -0.25) is 4.98 Å². The van der Waals surface area contributed by atoms with Crippen molar-refractivity contribution in [3.8, 4) is 22.9 Å². The van der Waals surface area contributed by atoms with E-state index in [1.807, 2.05) is 30.5 Å². The first-order valence-corrected chi connectivity index (χ1v) is 16.9. The van der Waals surface area contributed by atoms with Crippen LogP contribution in [0.25, 0.3) is 55.0 Å². The van der Waals surface area contributed by atoms with Gasteiger partial charge in [-0.1, -0.05) is 18.2 Å². The van der Waals surface area contributed by atoms with Crippen molar-refractivity contribution in [2.45, 2.75) is 32.8 Å². The van der Waals surface area contributed by atoms with Crippen LogP contribution in [0.3, 0.4) is 0 Å². The number of hydrogen-bond donors (Lipinski definition) is 0. The largest absolute Gasteiger partial charge is 0.493 e. The summed E-state index contributed by atoms with van der Waals surface area (Å²) in [5.74, 6) is 1.67. The maximum absolute atomic E-state index is 6.38. The Labute approximate surface area is 282 Å². The number of aromatic nitrogens is 3. The molecule has 7 heteroatoms. The molecule has 0 amide bonds. The van der Waals surface area contributed by atoms with E-state index >= 15 is 0 Å². The lowest BCUT2D eigenvalue weighted by Crippen LogP contribution is -2.05. The fraction of sp³-hybridized carbons (Fsp3) is 0.167. The third kappa shape index (κ3) is 4.93. The number of benzene rings is 5. The predicted molar refractivity (Wildman–Crippen MR) is 192 cm³/mol. The molecule has 0 unspecified atom stereocenters. The van der Waals surface area contributed by atoms with Crippen LogP contribution >= 0.6 is 0 Å². The van der Waals surface area contributed by atoms with Crippen LogP contribution in [-0.4, -0.2) is 27.3 Å². The van der Waals surface area contributed by atoms with Gasteiger partial charge in [0.25, 0.3) is 0 Å². The van der Waals surface area contributed by atoms with Crippen molar-refractivity contribution in [1.29, 1.82) is 0 Å². The second kappa shape index (κ2) is 11.5. The lowest BCUT2D eigenvalue weighted by Gasteiger charge is -2.12. The minimum Gasteiger partial charge on any atom is -0.493 e.